The number of hydrogen-bond donors (Lipinski definition) is 2. The van der Waals surface area contributed by atoms with E-state index < -0.39 is 12.0 Å². The molecule has 0 radical (unpaired) electrons. The Balaban J connectivity index is 2.55. The third-order valence-corrected chi connectivity index (χ3v) is 2.48. The van der Waals surface area contributed by atoms with Gasteiger partial charge in [-0.25, -0.2) is 4.39 Å². The first-order valence-electron chi connectivity index (χ1n) is 5.89. The van der Waals surface area contributed by atoms with E-state index in [1.165, 1.54) is 12.1 Å². The van der Waals surface area contributed by atoms with E-state index in [1.807, 2.05) is 6.92 Å². The van der Waals surface area contributed by atoms with Crippen LogP contribution >= 0.6 is 0 Å². The number of carbonyl (C=O) groups is 1. The SMILES string of the molecule is CCCNC(COc1ccc(F)c(C)c1)C(=O)O. The van der Waals surface area contributed by atoms with E-state index in [0.717, 1.165) is 6.42 Å². The molecule has 0 aliphatic heterocycles. The van der Waals surface area contributed by atoms with E-state index in [2.05, 4.69) is 5.32 Å². The first-order chi connectivity index (χ1) is 8.54. The fraction of sp³-hybridized carbons (Fsp3) is 0.462. The molecule has 0 saturated carbocycles. The molecule has 0 saturated heterocycles. The molecule has 18 heavy (non-hydrogen) atoms. The highest BCUT2D eigenvalue weighted by Crippen LogP contribution is 2.16. The topological polar surface area (TPSA) is 58.6 Å². The number of hydrogen-bond acceptors (Lipinski definition) is 3. The molecular formula is C13H18FNO3. The van der Waals surface area contributed by atoms with Gasteiger partial charge in [0, 0.05) is 0 Å². The van der Waals surface area contributed by atoms with Crippen molar-refractivity contribution >= 4 is 5.97 Å². The number of carboxylic acid groups (broad SMARTS) is 1. The lowest BCUT2D eigenvalue weighted by molar-refractivity contribution is -0.140. The Bertz CT molecular complexity index is 409. The van der Waals surface area contributed by atoms with Crippen LogP contribution in [0.3, 0.4) is 0 Å². The molecule has 0 heterocycles. The Morgan fingerprint density at radius 2 is 2.28 bits per heavy atom. The Kier molecular flexibility index (Phi) is 5.58. The molecule has 1 unspecified atom stereocenters. The maximum Gasteiger partial charge on any atom is 0.324 e. The summed E-state index contributed by atoms with van der Waals surface area (Å²) in [4.78, 5) is 10.9. The van der Waals surface area contributed by atoms with Crippen LogP contribution in [0, 0.1) is 12.7 Å². The van der Waals surface area contributed by atoms with Gasteiger partial charge in [0.2, 0.25) is 0 Å². The minimum atomic E-state index is -0.956. The zero-order valence-corrected chi connectivity index (χ0v) is 10.6. The average Bonchev–Trinajstić information content (AvgIpc) is 2.33. The fourth-order valence-electron chi connectivity index (χ4n) is 1.42. The maximum atomic E-state index is 13.0. The predicted octanol–water partition coefficient (Wildman–Crippen LogP) is 1.97. The summed E-state index contributed by atoms with van der Waals surface area (Å²) in [7, 11) is 0. The first kappa shape index (κ1) is 14.4. The van der Waals surface area contributed by atoms with E-state index in [1.54, 1.807) is 13.0 Å². The van der Waals surface area contributed by atoms with Crippen molar-refractivity contribution in [3.05, 3.63) is 29.6 Å². The van der Waals surface area contributed by atoms with Crippen LogP contribution in [0.4, 0.5) is 4.39 Å². The molecule has 0 amide bonds. The number of aliphatic carboxylic acids is 1. The lowest BCUT2D eigenvalue weighted by Gasteiger charge is -2.15. The van der Waals surface area contributed by atoms with Gasteiger partial charge < -0.3 is 15.2 Å². The van der Waals surface area contributed by atoms with Crippen LogP contribution in [0.1, 0.15) is 18.9 Å². The van der Waals surface area contributed by atoms with Crippen molar-refractivity contribution in [3.8, 4) is 5.75 Å². The van der Waals surface area contributed by atoms with Gasteiger partial charge in [0.25, 0.3) is 0 Å². The molecule has 0 fully saturated rings. The minimum absolute atomic E-state index is 0.0143. The van der Waals surface area contributed by atoms with E-state index >= 15 is 0 Å². The minimum Gasteiger partial charge on any atom is -0.491 e. The van der Waals surface area contributed by atoms with Crippen LogP contribution in [-0.4, -0.2) is 30.3 Å². The van der Waals surface area contributed by atoms with Crippen molar-refractivity contribution in [1.29, 1.82) is 0 Å². The van der Waals surface area contributed by atoms with Crippen LogP contribution in [-0.2, 0) is 4.79 Å². The normalized spacial score (nSPS) is 12.2. The summed E-state index contributed by atoms with van der Waals surface area (Å²) >= 11 is 0. The van der Waals surface area contributed by atoms with Crippen LogP contribution < -0.4 is 10.1 Å². The molecular weight excluding hydrogens is 237 g/mol. The molecule has 1 atom stereocenters. The van der Waals surface area contributed by atoms with Gasteiger partial charge in [-0.2, -0.15) is 0 Å². The molecule has 1 rings (SSSR count). The molecule has 0 spiro atoms. The highest BCUT2D eigenvalue weighted by Gasteiger charge is 2.17. The summed E-state index contributed by atoms with van der Waals surface area (Å²) in [5, 5.41) is 11.8. The summed E-state index contributed by atoms with van der Waals surface area (Å²) in [6.45, 7) is 4.21. The predicted molar refractivity (Wildman–Crippen MR) is 66.3 cm³/mol. The highest BCUT2D eigenvalue weighted by molar-refractivity contribution is 5.73. The second kappa shape index (κ2) is 6.96. The van der Waals surface area contributed by atoms with Gasteiger partial charge in [-0.05, 0) is 43.7 Å². The van der Waals surface area contributed by atoms with Gasteiger partial charge >= 0.3 is 5.97 Å². The number of ether oxygens (including phenoxy) is 1. The van der Waals surface area contributed by atoms with Gasteiger partial charge in [-0.1, -0.05) is 6.92 Å². The van der Waals surface area contributed by atoms with Gasteiger partial charge in [-0.15, -0.1) is 0 Å². The fourth-order valence-corrected chi connectivity index (χ4v) is 1.42. The zero-order chi connectivity index (χ0) is 13.5. The van der Waals surface area contributed by atoms with Gasteiger partial charge in [-0.3, -0.25) is 4.79 Å². The molecule has 0 aliphatic carbocycles. The quantitative estimate of drug-likeness (QED) is 0.782. The lowest BCUT2D eigenvalue weighted by Crippen LogP contribution is -2.41. The second-order valence-corrected chi connectivity index (χ2v) is 4.07. The summed E-state index contributed by atoms with van der Waals surface area (Å²) in [6.07, 6.45) is 0.847. The third kappa shape index (κ3) is 4.33. The van der Waals surface area contributed by atoms with E-state index in [9.17, 15) is 9.18 Å². The first-order valence-corrected chi connectivity index (χ1v) is 5.89. The summed E-state index contributed by atoms with van der Waals surface area (Å²) in [5.41, 5.74) is 0.473. The van der Waals surface area contributed by atoms with Gasteiger partial charge in [0.05, 0.1) is 0 Å². The van der Waals surface area contributed by atoms with Crippen molar-refractivity contribution in [2.24, 2.45) is 0 Å². The largest absolute Gasteiger partial charge is 0.491 e. The standard InChI is InChI=1S/C13H18FNO3/c1-3-6-15-12(13(16)17)8-18-10-4-5-11(14)9(2)7-10/h4-5,7,12,15H,3,6,8H2,1-2H3,(H,16,17). The second-order valence-electron chi connectivity index (χ2n) is 4.07. The van der Waals surface area contributed by atoms with Crippen molar-refractivity contribution in [1.82, 2.24) is 5.32 Å². The van der Waals surface area contributed by atoms with E-state index in [-0.39, 0.29) is 12.4 Å². The van der Waals surface area contributed by atoms with Crippen LogP contribution in [0.25, 0.3) is 0 Å². The number of aryl methyl sites for hydroxylation is 1. The molecule has 4 nitrogen and oxygen atoms in total. The Morgan fingerprint density at radius 1 is 1.56 bits per heavy atom. The molecule has 2 N–H and O–H groups in total. The van der Waals surface area contributed by atoms with E-state index in [4.69, 9.17) is 9.84 Å². The molecule has 0 aromatic heterocycles. The van der Waals surface area contributed by atoms with Crippen molar-refractivity contribution in [3.63, 3.8) is 0 Å². The number of nitrogens with one attached hydrogen (secondary N) is 1. The highest BCUT2D eigenvalue weighted by atomic mass is 19.1. The summed E-state index contributed by atoms with van der Waals surface area (Å²) in [5.74, 6) is -0.790. The molecule has 0 bridgehead atoms. The van der Waals surface area contributed by atoms with Crippen LogP contribution in [0.15, 0.2) is 18.2 Å². The van der Waals surface area contributed by atoms with Crippen LogP contribution in [0.5, 0.6) is 5.75 Å². The van der Waals surface area contributed by atoms with Crippen LogP contribution in [0.2, 0.25) is 0 Å². The number of rotatable bonds is 7. The monoisotopic (exact) mass is 255 g/mol. The van der Waals surface area contributed by atoms with Gasteiger partial charge in [0.1, 0.15) is 24.2 Å². The maximum absolute atomic E-state index is 13.0. The Hall–Kier alpha value is -1.62. The summed E-state index contributed by atoms with van der Waals surface area (Å²) < 4.78 is 18.4. The van der Waals surface area contributed by atoms with Crippen molar-refractivity contribution in [2.45, 2.75) is 26.3 Å². The smallest absolute Gasteiger partial charge is 0.324 e. The average molecular weight is 255 g/mol. The van der Waals surface area contributed by atoms with Crippen molar-refractivity contribution < 1.29 is 19.0 Å². The number of halogens is 1. The Labute approximate surface area is 106 Å². The Morgan fingerprint density at radius 3 is 2.83 bits per heavy atom. The van der Waals surface area contributed by atoms with Gasteiger partial charge in [0.15, 0.2) is 0 Å². The molecule has 0 aliphatic rings. The number of benzene rings is 1. The summed E-state index contributed by atoms with van der Waals surface area (Å²) in [6, 6.07) is 3.59. The van der Waals surface area contributed by atoms with E-state index in [0.29, 0.717) is 17.9 Å². The molecule has 1 aromatic carbocycles. The van der Waals surface area contributed by atoms with Crippen molar-refractivity contribution in [2.75, 3.05) is 13.2 Å². The molecule has 1 aromatic rings. The molecule has 100 valence electrons. The third-order valence-electron chi connectivity index (χ3n) is 2.48. The lowest BCUT2D eigenvalue weighted by atomic mass is 10.2. The molecule has 5 heteroatoms. The number of carboxylic acids is 1. The zero-order valence-electron chi connectivity index (χ0n) is 10.6.